The van der Waals surface area contributed by atoms with Gasteiger partial charge in [0.05, 0.1) is 6.42 Å². The van der Waals surface area contributed by atoms with Crippen LogP contribution in [0.15, 0.2) is 47.6 Å². The summed E-state index contributed by atoms with van der Waals surface area (Å²) in [5.41, 5.74) is 3.73. The number of nitrogens with one attached hydrogen (secondary N) is 2. The van der Waals surface area contributed by atoms with Crippen molar-refractivity contribution in [2.45, 2.75) is 51.5 Å². The highest BCUT2D eigenvalue weighted by molar-refractivity contribution is 6.07. The van der Waals surface area contributed by atoms with Crippen molar-refractivity contribution in [2.24, 2.45) is 5.10 Å². The van der Waals surface area contributed by atoms with Crippen LogP contribution in [0.1, 0.15) is 55.8 Å². The normalized spacial score (nSPS) is 15.7. The van der Waals surface area contributed by atoms with Crippen molar-refractivity contribution in [2.75, 3.05) is 0 Å². The Morgan fingerprint density at radius 3 is 2.58 bits per heavy atom. The van der Waals surface area contributed by atoms with Gasteiger partial charge in [0.15, 0.2) is 0 Å². The van der Waals surface area contributed by atoms with Gasteiger partial charge in [-0.2, -0.15) is 5.10 Å². The molecular weight excluding hydrogens is 326 g/mol. The van der Waals surface area contributed by atoms with Crippen molar-refractivity contribution in [3.05, 3.63) is 48.0 Å². The van der Waals surface area contributed by atoms with Gasteiger partial charge in [-0.1, -0.05) is 55.7 Å². The molecular formula is C21H25N3O2. The topological polar surface area (TPSA) is 70.6 Å². The highest BCUT2D eigenvalue weighted by atomic mass is 16.2. The molecule has 0 spiro atoms. The van der Waals surface area contributed by atoms with Gasteiger partial charge in [-0.05, 0) is 36.6 Å². The third kappa shape index (κ3) is 4.69. The van der Waals surface area contributed by atoms with Crippen LogP contribution in [-0.4, -0.2) is 23.6 Å². The van der Waals surface area contributed by atoms with Crippen molar-refractivity contribution in [1.29, 1.82) is 0 Å². The number of hydrazone groups is 1. The standard InChI is InChI=1S/C21H25N3O2/c1-15(14-20(25)22-17-10-3-2-4-11-17)23-24-21(26)19-13-7-9-16-8-5-6-12-18(16)19/h5-9,12-13,17H,2-4,10-11,14H2,1H3,(H,22,25)(H,24,26). The lowest BCUT2D eigenvalue weighted by molar-refractivity contribution is -0.120. The molecule has 2 aromatic rings. The molecule has 1 fully saturated rings. The van der Waals surface area contributed by atoms with E-state index in [-0.39, 0.29) is 24.3 Å². The lowest BCUT2D eigenvalue weighted by atomic mass is 9.95. The van der Waals surface area contributed by atoms with Gasteiger partial charge in [0.25, 0.3) is 5.91 Å². The monoisotopic (exact) mass is 351 g/mol. The molecule has 1 aliphatic carbocycles. The summed E-state index contributed by atoms with van der Waals surface area (Å²) in [6.45, 7) is 1.75. The smallest absolute Gasteiger partial charge is 0.271 e. The van der Waals surface area contributed by atoms with E-state index >= 15 is 0 Å². The number of amides is 2. The summed E-state index contributed by atoms with van der Waals surface area (Å²) in [6.07, 6.45) is 5.93. The Kier molecular flexibility index (Phi) is 6.00. The Labute approximate surface area is 153 Å². The van der Waals surface area contributed by atoms with Gasteiger partial charge in [-0.25, -0.2) is 5.43 Å². The summed E-state index contributed by atoms with van der Waals surface area (Å²) >= 11 is 0. The van der Waals surface area contributed by atoms with Crippen LogP contribution >= 0.6 is 0 Å². The Morgan fingerprint density at radius 2 is 1.77 bits per heavy atom. The minimum absolute atomic E-state index is 0.0300. The number of benzene rings is 2. The molecule has 26 heavy (non-hydrogen) atoms. The van der Waals surface area contributed by atoms with E-state index in [4.69, 9.17) is 0 Å². The van der Waals surface area contributed by atoms with Crippen LogP contribution in [0.2, 0.25) is 0 Å². The Hall–Kier alpha value is -2.69. The predicted octanol–water partition coefficient (Wildman–Crippen LogP) is 3.78. The maximum absolute atomic E-state index is 12.4. The molecule has 1 aliphatic rings. The van der Waals surface area contributed by atoms with Crippen molar-refractivity contribution >= 4 is 28.3 Å². The van der Waals surface area contributed by atoms with E-state index in [1.165, 1.54) is 19.3 Å². The van der Waals surface area contributed by atoms with Crippen LogP contribution in [0.4, 0.5) is 0 Å². The third-order valence-corrected chi connectivity index (χ3v) is 4.77. The first-order valence-corrected chi connectivity index (χ1v) is 9.24. The fraction of sp³-hybridized carbons (Fsp3) is 0.381. The molecule has 2 N–H and O–H groups in total. The Balaban J connectivity index is 1.57. The second kappa shape index (κ2) is 8.61. The zero-order valence-electron chi connectivity index (χ0n) is 15.1. The average Bonchev–Trinajstić information content (AvgIpc) is 2.66. The van der Waals surface area contributed by atoms with Gasteiger partial charge in [0, 0.05) is 17.3 Å². The number of carbonyl (C=O) groups is 2. The quantitative estimate of drug-likeness (QED) is 0.636. The van der Waals surface area contributed by atoms with Crippen LogP contribution in [0, 0.1) is 0 Å². The van der Waals surface area contributed by atoms with Crippen LogP contribution in [0.25, 0.3) is 10.8 Å². The van der Waals surface area contributed by atoms with Crippen LogP contribution in [-0.2, 0) is 4.79 Å². The molecule has 0 saturated heterocycles. The lowest BCUT2D eigenvalue weighted by Crippen LogP contribution is -2.37. The van der Waals surface area contributed by atoms with Crippen LogP contribution in [0.5, 0.6) is 0 Å². The second-order valence-electron chi connectivity index (χ2n) is 6.89. The molecule has 2 amide bonds. The molecule has 2 aromatic carbocycles. The fourth-order valence-electron chi connectivity index (χ4n) is 3.43. The van der Waals surface area contributed by atoms with Gasteiger partial charge in [0.1, 0.15) is 0 Å². The summed E-state index contributed by atoms with van der Waals surface area (Å²) in [5, 5.41) is 9.05. The fourth-order valence-corrected chi connectivity index (χ4v) is 3.43. The van der Waals surface area contributed by atoms with Gasteiger partial charge in [-0.3, -0.25) is 9.59 Å². The van der Waals surface area contributed by atoms with E-state index in [1.54, 1.807) is 13.0 Å². The van der Waals surface area contributed by atoms with Crippen LogP contribution < -0.4 is 10.7 Å². The van der Waals surface area contributed by atoms with Gasteiger partial charge < -0.3 is 5.32 Å². The minimum Gasteiger partial charge on any atom is -0.353 e. The molecule has 0 unspecified atom stereocenters. The first kappa shape index (κ1) is 18.1. The van der Waals surface area contributed by atoms with Crippen molar-refractivity contribution in [1.82, 2.24) is 10.7 Å². The average molecular weight is 351 g/mol. The molecule has 1 saturated carbocycles. The zero-order chi connectivity index (χ0) is 18.4. The van der Waals surface area contributed by atoms with Gasteiger partial charge in [-0.15, -0.1) is 0 Å². The number of carbonyl (C=O) groups excluding carboxylic acids is 2. The highest BCUT2D eigenvalue weighted by Crippen LogP contribution is 2.18. The van der Waals surface area contributed by atoms with Crippen molar-refractivity contribution < 1.29 is 9.59 Å². The number of fused-ring (bicyclic) bond motifs is 1. The molecule has 5 heteroatoms. The molecule has 0 aromatic heterocycles. The minimum atomic E-state index is -0.270. The molecule has 5 nitrogen and oxygen atoms in total. The molecule has 0 atom stereocenters. The third-order valence-electron chi connectivity index (χ3n) is 4.77. The van der Waals surface area contributed by atoms with E-state index in [1.807, 2.05) is 36.4 Å². The molecule has 136 valence electrons. The summed E-state index contributed by atoms with van der Waals surface area (Å²) in [7, 11) is 0. The second-order valence-corrected chi connectivity index (χ2v) is 6.89. The molecule has 0 aliphatic heterocycles. The summed E-state index contributed by atoms with van der Waals surface area (Å²) in [5.74, 6) is -0.300. The van der Waals surface area contributed by atoms with Crippen LogP contribution in [0.3, 0.4) is 0 Å². The lowest BCUT2D eigenvalue weighted by Gasteiger charge is -2.22. The maximum atomic E-state index is 12.4. The van der Waals surface area contributed by atoms with E-state index in [2.05, 4.69) is 15.8 Å². The summed E-state index contributed by atoms with van der Waals surface area (Å²) in [4.78, 5) is 24.6. The maximum Gasteiger partial charge on any atom is 0.271 e. The largest absolute Gasteiger partial charge is 0.353 e. The first-order valence-electron chi connectivity index (χ1n) is 9.24. The Bertz CT molecular complexity index is 818. The number of rotatable bonds is 5. The molecule has 0 radical (unpaired) electrons. The summed E-state index contributed by atoms with van der Waals surface area (Å²) in [6, 6.07) is 13.6. The zero-order valence-corrected chi connectivity index (χ0v) is 15.1. The number of hydrogen-bond donors (Lipinski definition) is 2. The van der Waals surface area contributed by atoms with Crippen molar-refractivity contribution in [3.8, 4) is 0 Å². The number of nitrogens with zero attached hydrogens (tertiary/aromatic N) is 1. The highest BCUT2D eigenvalue weighted by Gasteiger charge is 2.16. The SMILES string of the molecule is CC(CC(=O)NC1CCCCC1)=NNC(=O)c1cccc2ccccc12. The number of hydrogen-bond acceptors (Lipinski definition) is 3. The van der Waals surface area contributed by atoms with Crippen molar-refractivity contribution in [3.63, 3.8) is 0 Å². The van der Waals surface area contributed by atoms with E-state index < -0.39 is 0 Å². The molecule has 0 heterocycles. The van der Waals surface area contributed by atoms with Gasteiger partial charge >= 0.3 is 0 Å². The van der Waals surface area contributed by atoms with Gasteiger partial charge in [0.2, 0.25) is 5.91 Å². The summed E-state index contributed by atoms with van der Waals surface area (Å²) < 4.78 is 0. The Morgan fingerprint density at radius 1 is 1.04 bits per heavy atom. The van der Waals surface area contributed by atoms with E-state index in [0.29, 0.717) is 11.3 Å². The predicted molar refractivity (Wildman–Crippen MR) is 104 cm³/mol. The molecule has 3 rings (SSSR count). The first-order chi connectivity index (χ1) is 12.6. The van der Waals surface area contributed by atoms with E-state index in [0.717, 1.165) is 23.6 Å². The van der Waals surface area contributed by atoms with E-state index in [9.17, 15) is 9.59 Å². The molecule has 0 bridgehead atoms.